The number of hydrogen-bond acceptors (Lipinski definition) is 5. The van der Waals surface area contributed by atoms with Crippen molar-refractivity contribution in [1.82, 2.24) is 9.80 Å². The molecule has 0 bridgehead atoms. The van der Waals surface area contributed by atoms with Crippen LogP contribution in [0, 0.1) is 29.6 Å². The van der Waals surface area contributed by atoms with Gasteiger partial charge in [-0.25, -0.2) is 0 Å². The number of carbonyl (C=O) groups excluding carboxylic acids is 1. The van der Waals surface area contributed by atoms with E-state index in [1.54, 1.807) is 0 Å². The molecule has 2 N–H and O–H groups in total. The van der Waals surface area contributed by atoms with Gasteiger partial charge in [0.15, 0.2) is 0 Å². The molecule has 1 heterocycles. The van der Waals surface area contributed by atoms with Gasteiger partial charge in [0.2, 0.25) is 5.91 Å². The molecular formula is C26H46N2O4. The van der Waals surface area contributed by atoms with Crippen molar-refractivity contribution in [2.24, 2.45) is 29.6 Å². The van der Waals surface area contributed by atoms with Gasteiger partial charge < -0.3 is 24.7 Å². The first-order valence-electron chi connectivity index (χ1n) is 13.3. The van der Waals surface area contributed by atoms with E-state index in [1.165, 1.54) is 51.4 Å². The molecule has 4 rings (SSSR count). The Balaban J connectivity index is 1.37. The Morgan fingerprint density at radius 3 is 2.47 bits per heavy atom. The lowest BCUT2D eigenvalue weighted by atomic mass is 9.70. The quantitative estimate of drug-likeness (QED) is 0.651. The van der Waals surface area contributed by atoms with Gasteiger partial charge in [-0.1, -0.05) is 19.3 Å². The third-order valence-electron chi connectivity index (χ3n) is 8.80. The minimum Gasteiger partial charge on any atom is -0.393 e. The summed E-state index contributed by atoms with van der Waals surface area (Å²) in [7, 11) is 4.30. The van der Waals surface area contributed by atoms with Crippen molar-refractivity contribution in [1.29, 1.82) is 0 Å². The molecule has 0 radical (unpaired) electrons. The predicted octanol–water partition coefficient (Wildman–Crippen LogP) is 2.91. The summed E-state index contributed by atoms with van der Waals surface area (Å²) in [5, 5.41) is 21.1. The molecule has 4 fully saturated rings. The molecule has 7 unspecified atom stereocenters. The lowest BCUT2D eigenvalue weighted by molar-refractivity contribution is -0.162. The first-order chi connectivity index (χ1) is 15.4. The van der Waals surface area contributed by atoms with Crippen LogP contribution in [0.4, 0.5) is 0 Å². The van der Waals surface area contributed by atoms with Crippen LogP contribution in [-0.2, 0) is 9.53 Å². The van der Waals surface area contributed by atoms with Crippen LogP contribution in [0.2, 0.25) is 0 Å². The lowest BCUT2D eigenvalue weighted by Gasteiger charge is -2.46. The van der Waals surface area contributed by atoms with E-state index in [-0.39, 0.29) is 18.4 Å². The number of ether oxygens (including phenoxy) is 1. The van der Waals surface area contributed by atoms with Crippen LogP contribution in [0.15, 0.2) is 0 Å². The summed E-state index contributed by atoms with van der Waals surface area (Å²) < 4.78 is 6.28. The lowest BCUT2D eigenvalue weighted by Crippen LogP contribution is -2.55. The second-order valence-corrected chi connectivity index (χ2v) is 11.6. The van der Waals surface area contributed by atoms with E-state index < -0.39 is 18.1 Å². The molecule has 184 valence electrons. The smallest absolute Gasteiger partial charge is 0.230 e. The minimum absolute atomic E-state index is 0.0613. The summed E-state index contributed by atoms with van der Waals surface area (Å²) in [6.45, 7) is 3.42. The maximum absolute atomic E-state index is 13.7. The van der Waals surface area contributed by atoms with E-state index in [2.05, 4.69) is 19.0 Å². The molecule has 0 aromatic rings. The fraction of sp³-hybridized carbons (Fsp3) is 0.962. The number of rotatable bonds is 6. The highest BCUT2D eigenvalue weighted by Crippen LogP contribution is 2.40. The van der Waals surface area contributed by atoms with E-state index in [0.717, 1.165) is 37.9 Å². The van der Waals surface area contributed by atoms with Crippen LogP contribution in [0.3, 0.4) is 0 Å². The van der Waals surface area contributed by atoms with Crippen LogP contribution >= 0.6 is 0 Å². The molecule has 4 aliphatic rings. The summed E-state index contributed by atoms with van der Waals surface area (Å²) in [6, 6.07) is 0. The molecule has 3 saturated carbocycles. The van der Waals surface area contributed by atoms with E-state index >= 15 is 0 Å². The SMILES string of the molecule is CN(C)CC1CCC2CCN(C(=O)C3C(O)CC(O)CC3OCC3CCCCC3)CC2C1. The molecule has 0 aromatic carbocycles. The Bertz CT molecular complexity index is 609. The number of aliphatic hydroxyl groups is 2. The summed E-state index contributed by atoms with van der Waals surface area (Å²) >= 11 is 0. The molecule has 32 heavy (non-hydrogen) atoms. The molecule has 7 atom stereocenters. The zero-order chi connectivity index (χ0) is 22.7. The van der Waals surface area contributed by atoms with E-state index in [4.69, 9.17) is 4.74 Å². The maximum atomic E-state index is 13.7. The summed E-state index contributed by atoms with van der Waals surface area (Å²) in [5.74, 6) is 2.14. The zero-order valence-corrected chi connectivity index (χ0v) is 20.3. The summed E-state index contributed by atoms with van der Waals surface area (Å²) in [5.41, 5.74) is 0. The van der Waals surface area contributed by atoms with Crippen molar-refractivity contribution in [2.45, 2.75) is 88.9 Å². The number of piperidine rings is 1. The maximum Gasteiger partial charge on any atom is 0.230 e. The third-order valence-corrected chi connectivity index (χ3v) is 8.80. The van der Waals surface area contributed by atoms with Crippen molar-refractivity contribution < 1.29 is 19.7 Å². The Morgan fingerprint density at radius 2 is 1.72 bits per heavy atom. The van der Waals surface area contributed by atoms with Crippen LogP contribution in [0.1, 0.15) is 70.6 Å². The van der Waals surface area contributed by atoms with Gasteiger partial charge >= 0.3 is 0 Å². The molecule has 1 aliphatic heterocycles. The number of hydrogen-bond donors (Lipinski definition) is 2. The fourth-order valence-corrected chi connectivity index (χ4v) is 7.11. The van der Waals surface area contributed by atoms with Gasteiger partial charge in [-0.05, 0) is 76.3 Å². The molecule has 0 spiro atoms. The zero-order valence-electron chi connectivity index (χ0n) is 20.3. The number of likely N-dealkylation sites (tertiary alicyclic amines) is 1. The number of nitrogens with zero attached hydrogens (tertiary/aromatic N) is 2. The molecular weight excluding hydrogens is 404 g/mol. The van der Waals surface area contributed by atoms with Gasteiger partial charge in [0, 0.05) is 39.1 Å². The topological polar surface area (TPSA) is 73.2 Å². The average Bonchev–Trinajstić information content (AvgIpc) is 2.76. The number of amides is 1. The first-order valence-corrected chi connectivity index (χ1v) is 13.3. The monoisotopic (exact) mass is 450 g/mol. The molecule has 6 heteroatoms. The van der Waals surface area contributed by atoms with Gasteiger partial charge in [-0.3, -0.25) is 4.79 Å². The van der Waals surface area contributed by atoms with Crippen molar-refractivity contribution in [3.63, 3.8) is 0 Å². The van der Waals surface area contributed by atoms with Crippen molar-refractivity contribution in [3.8, 4) is 0 Å². The number of fused-ring (bicyclic) bond motifs is 1. The largest absolute Gasteiger partial charge is 0.393 e. The van der Waals surface area contributed by atoms with Gasteiger partial charge in [0.1, 0.15) is 0 Å². The van der Waals surface area contributed by atoms with Crippen LogP contribution in [0.5, 0.6) is 0 Å². The Hall–Kier alpha value is -0.690. The van der Waals surface area contributed by atoms with Crippen molar-refractivity contribution in [3.05, 3.63) is 0 Å². The number of aliphatic hydroxyl groups excluding tert-OH is 2. The Morgan fingerprint density at radius 1 is 0.938 bits per heavy atom. The van der Waals surface area contributed by atoms with E-state index in [9.17, 15) is 15.0 Å². The molecule has 1 saturated heterocycles. The average molecular weight is 451 g/mol. The summed E-state index contributed by atoms with van der Waals surface area (Å²) in [6.07, 6.45) is 10.1. The Kier molecular flexibility index (Phi) is 8.52. The molecule has 6 nitrogen and oxygen atoms in total. The molecule has 3 aliphatic carbocycles. The number of carbonyl (C=O) groups is 1. The van der Waals surface area contributed by atoms with E-state index in [0.29, 0.717) is 24.9 Å². The second kappa shape index (κ2) is 11.2. The van der Waals surface area contributed by atoms with Crippen molar-refractivity contribution in [2.75, 3.05) is 40.3 Å². The van der Waals surface area contributed by atoms with E-state index in [1.807, 2.05) is 4.90 Å². The normalized spacial score (nSPS) is 39.2. The van der Waals surface area contributed by atoms with Crippen LogP contribution in [-0.4, -0.2) is 84.6 Å². The fourth-order valence-electron chi connectivity index (χ4n) is 7.11. The van der Waals surface area contributed by atoms with Crippen molar-refractivity contribution >= 4 is 5.91 Å². The highest BCUT2D eigenvalue weighted by molar-refractivity contribution is 5.80. The second-order valence-electron chi connectivity index (χ2n) is 11.6. The first kappa shape index (κ1) is 24.4. The van der Waals surface area contributed by atoms with Crippen LogP contribution < -0.4 is 0 Å². The third kappa shape index (κ3) is 6.05. The highest BCUT2D eigenvalue weighted by Gasteiger charge is 2.45. The van der Waals surface area contributed by atoms with Gasteiger partial charge in [-0.2, -0.15) is 0 Å². The highest BCUT2D eigenvalue weighted by atomic mass is 16.5. The minimum atomic E-state index is -0.812. The van der Waals surface area contributed by atoms with Gasteiger partial charge in [-0.15, -0.1) is 0 Å². The predicted molar refractivity (Wildman–Crippen MR) is 125 cm³/mol. The Labute approximate surface area is 194 Å². The summed E-state index contributed by atoms with van der Waals surface area (Å²) in [4.78, 5) is 18.0. The van der Waals surface area contributed by atoms with Gasteiger partial charge in [0.05, 0.1) is 24.2 Å². The molecule has 0 aromatic heterocycles. The van der Waals surface area contributed by atoms with Gasteiger partial charge in [0.25, 0.3) is 0 Å². The standard InChI is InChI=1S/C26H46N2O4/c1-27(2)15-19-8-9-20-10-11-28(16-21(20)12-19)26(31)25-23(30)13-22(29)14-24(25)32-17-18-6-4-3-5-7-18/h18-25,29-30H,3-17H2,1-2H3. The van der Waals surface area contributed by atoms with Crippen LogP contribution in [0.25, 0.3) is 0 Å². The molecule has 1 amide bonds.